The maximum Gasteiger partial charge on any atom is 0.0575 e. The summed E-state index contributed by atoms with van der Waals surface area (Å²) in [6.45, 7) is 4.26. The fraction of sp³-hybridized carbons (Fsp3) is 0.733. The molecule has 2 nitrogen and oxygen atoms in total. The van der Waals surface area contributed by atoms with Crippen molar-refractivity contribution in [2.24, 2.45) is 0 Å². The molecule has 0 bridgehead atoms. The van der Waals surface area contributed by atoms with Crippen LogP contribution < -0.4 is 5.32 Å². The molecule has 0 saturated carbocycles. The molecule has 0 aliphatic carbocycles. The average Bonchev–Trinajstić information content (AvgIpc) is 2.86. The van der Waals surface area contributed by atoms with Crippen molar-refractivity contribution in [1.82, 2.24) is 5.32 Å². The molecule has 1 aliphatic heterocycles. The van der Waals surface area contributed by atoms with Gasteiger partial charge in [0.2, 0.25) is 0 Å². The lowest BCUT2D eigenvalue weighted by Gasteiger charge is -2.25. The molecule has 0 radical (unpaired) electrons. The number of hydrogen-bond acceptors (Lipinski definition) is 3. The summed E-state index contributed by atoms with van der Waals surface area (Å²) in [4.78, 5) is 0. The maximum absolute atomic E-state index is 5.84. The van der Waals surface area contributed by atoms with Crippen molar-refractivity contribution in [1.29, 1.82) is 0 Å². The number of hydrogen-bond donors (Lipinski definition) is 1. The van der Waals surface area contributed by atoms with Crippen LogP contribution in [-0.4, -0.2) is 19.3 Å². The third kappa shape index (κ3) is 4.85. The summed E-state index contributed by atoms with van der Waals surface area (Å²) in [6, 6.07) is 0.464. The van der Waals surface area contributed by atoms with Gasteiger partial charge in [-0.1, -0.05) is 6.92 Å². The number of thiophene rings is 1. The second kappa shape index (κ2) is 8.40. The van der Waals surface area contributed by atoms with E-state index in [0.717, 1.165) is 13.2 Å². The quantitative estimate of drug-likeness (QED) is 0.758. The van der Waals surface area contributed by atoms with Crippen LogP contribution in [0.5, 0.6) is 0 Å². The molecule has 19 heavy (non-hydrogen) atoms. The van der Waals surface area contributed by atoms with Crippen LogP contribution in [0.1, 0.15) is 57.1 Å². The molecule has 0 amide bonds. The van der Waals surface area contributed by atoms with E-state index in [2.05, 4.69) is 38.9 Å². The van der Waals surface area contributed by atoms with Crippen molar-refractivity contribution in [3.8, 4) is 0 Å². The highest BCUT2D eigenvalue weighted by Gasteiger charge is 2.19. The molecule has 108 valence electrons. The van der Waals surface area contributed by atoms with Gasteiger partial charge in [0.15, 0.2) is 0 Å². The van der Waals surface area contributed by atoms with Gasteiger partial charge in [0, 0.05) is 22.5 Å². The third-order valence-electron chi connectivity index (χ3n) is 3.71. The predicted octanol–water partition coefficient (Wildman–Crippen LogP) is 4.90. The maximum atomic E-state index is 5.84. The van der Waals surface area contributed by atoms with Gasteiger partial charge in [0.1, 0.15) is 0 Å². The summed E-state index contributed by atoms with van der Waals surface area (Å²) in [7, 11) is 0. The Balaban J connectivity index is 1.88. The van der Waals surface area contributed by atoms with E-state index in [0.29, 0.717) is 12.1 Å². The molecular weight excluding hydrogens is 322 g/mol. The highest BCUT2D eigenvalue weighted by molar-refractivity contribution is 9.10. The second-order valence-electron chi connectivity index (χ2n) is 5.25. The Morgan fingerprint density at radius 2 is 2.37 bits per heavy atom. The van der Waals surface area contributed by atoms with Crippen LogP contribution in [0.25, 0.3) is 0 Å². The molecule has 1 N–H and O–H groups in total. The first-order valence-electron chi connectivity index (χ1n) is 7.37. The molecule has 0 spiro atoms. The van der Waals surface area contributed by atoms with Crippen molar-refractivity contribution in [2.45, 2.75) is 57.6 Å². The normalized spacial score (nSPS) is 21.5. The summed E-state index contributed by atoms with van der Waals surface area (Å²) < 4.78 is 7.09. The molecule has 1 aromatic heterocycles. The minimum atomic E-state index is 0.464. The molecule has 0 aromatic carbocycles. The minimum absolute atomic E-state index is 0.464. The first-order valence-corrected chi connectivity index (χ1v) is 9.11. The minimum Gasteiger partial charge on any atom is -0.378 e. The lowest BCUT2D eigenvalue weighted by Crippen LogP contribution is -2.25. The molecular formula is C15H24BrNOS. The standard InChI is InChI=1S/C15H24BrNOS/c1-2-8-17-15(13-10-19-11-14(13)16)7-6-12-5-3-4-9-18-12/h10-12,15,17H,2-9H2,1H3. The van der Waals surface area contributed by atoms with Gasteiger partial charge in [-0.05, 0) is 71.9 Å². The van der Waals surface area contributed by atoms with Gasteiger partial charge in [-0.3, -0.25) is 0 Å². The van der Waals surface area contributed by atoms with Crippen LogP contribution in [-0.2, 0) is 4.74 Å². The largest absolute Gasteiger partial charge is 0.378 e. The molecule has 1 aromatic rings. The smallest absolute Gasteiger partial charge is 0.0575 e. The Labute approximate surface area is 129 Å². The van der Waals surface area contributed by atoms with Crippen molar-refractivity contribution < 1.29 is 4.74 Å². The van der Waals surface area contributed by atoms with Gasteiger partial charge in [0.05, 0.1) is 6.10 Å². The summed E-state index contributed by atoms with van der Waals surface area (Å²) in [6.07, 6.45) is 7.81. The molecule has 2 heterocycles. The first kappa shape index (κ1) is 15.5. The molecule has 2 rings (SSSR count). The van der Waals surface area contributed by atoms with E-state index in [1.807, 2.05) is 0 Å². The third-order valence-corrected chi connectivity index (χ3v) is 5.46. The van der Waals surface area contributed by atoms with E-state index in [-0.39, 0.29) is 0 Å². The van der Waals surface area contributed by atoms with Crippen molar-refractivity contribution in [3.05, 3.63) is 20.8 Å². The van der Waals surface area contributed by atoms with E-state index in [9.17, 15) is 0 Å². The van der Waals surface area contributed by atoms with Crippen LogP contribution in [0.4, 0.5) is 0 Å². The Bertz CT molecular complexity index is 363. The lowest BCUT2D eigenvalue weighted by molar-refractivity contribution is 0.00854. The van der Waals surface area contributed by atoms with Gasteiger partial charge < -0.3 is 10.1 Å². The van der Waals surface area contributed by atoms with E-state index in [4.69, 9.17) is 4.74 Å². The molecule has 4 heteroatoms. The number of ether oxygens (including phenoxy) is 1. The Morgan fingerprint density at radius 3 is 3.00 bits per heavy atom. The summed E-state index contributed by atoms with van der Waals surface area (Å²) in [5.74, 6) is 0. The monoisotopic (exact) mass is 345 g/mol. The van der Waals surface area contributed by atoms with E-state index in [1.54, 1.807) is 11.3 Å². The van der Waals surface area contributed by atoms with E-state index < -0.39 is 0 Å². The van der Waals surface area contributed by atoms with Gasteiger partial charge in [-0.15, -0.1) is 0 Å². The lowest BCUT2D eigenvalue weighted by atomic mass is 9.98. The average molecular weight is 346 g/mol. The van der Waals surface area contributed by atoms with Gasteiger partial charge in [-0.25, -0.2) is 0 Å². The Hall–Kier alpha value is 0.100. The predicted molar refractivity (Wildman–Crippen MR) is 85.9 cm³/mol. The molecule has 2 unspecified atom stereocenters. The number of nitrogens with one attached hydrogen (secondary N) is 1. The zero-order valence-electron chi connectivity index (χ0n) is 11.7. The highest BCUT2D eigenvalue weighted by atomic mass is 79.9. The van der Waals surface area contributed by atoms with Gasteiger partial charge >= 0.3 is 0 Å². The van der Waals surface area contributed by atoms with Crippen molar-refractivity contribution in [3.63, 3.8) is 0 Å². The fourth-order valence-electron chi connectivity index (χ4n) is 2.61. The Morgan fingerprint density at radius 1 is 1.47 bits per heavy atom. The van der Waals surface area contributed by atoms with Crippen LogP contribution in [0.3, 0.4) is 0 Å². The molecule has 1 fully saturated rings. The fourth-order valence-corrected chi connectivity index (χ4v) is 4.24. The summed E-state index contributed by atoms with van der Waals surface area (Å²) in [5, 5.41) is 8.11. The second-order valence-corrected chi connectivity index (χ2v) is 6.85. The van der Waals surface area contributed by atoms with Crippen LogP contribution in [0.2, 0.25) is 0 Å². The highest BCUT2D eigenvalue weighted by Crippen LogP contribution is 2.31. The van der Waals surface area contributed by atoms with E-state index in [1.165, 1.54) is 48.6 Å². The molecule has 1 aliphatic rings. The van der Waals surface area contributed by atoms with Crippen LogP contribution in [0.15, 0.2) is 15.2 Å². The summed E-state index contributed by atoms with van der Waals surface area (Å²) >= 11 is 5.44. The van der Waals surface area contributed by atoms with E-state index >= 15 is 0 Å². The van der Waals surface area contributed by atoms with Crippen LogP contribution in [0, 0.1) is 0 Å². The zero-order valence-corrected chi connectivity index (χ0v) is 14.1. The summed E-state index contributed by atoms with van der Waals surface area (Å²) in [5.41, 5.74) is 1.41. The van der Waals surface area contributed by atoms with Gasteiger partial charge in [0.25, 0.3) is 0 Å². The zero-order chi connectivity index (χ0) is 13.5. The SMILES string of the molecule is CCCNC(CCC1CCCCO1)c1cscc1Br. The van der Waals surface area contributed by atoms with Crippen molar-refractivity contribution >= 4 is 27.3 Å². The van der Waals surface area contributed by atoms with Gasteiger partial charge in [-0.2, -0.15) is 11.3 Å². The first-order chi connectivity index (χ1) is 9.31. The molecule has 1 saturated heterocycles. The van der Waals surface area contributed by atoms with Crippen molar-refractivity contribution in [2.75, 3.05) is 13.2 Å². The number of halogens is 1. The Kier molecular flexibility index (Phi) is 6.85. The van der Waals surface area contributed by atoms with Crippen LogP contribution >= 0.6 is 27.3 Å². The molecule has 2 atom stereocenters. The number of rotatable bonds is 7. The topological polar surface area (TPSA) is 21.3 Å².